The minimum Gasteiger partial charge on any atom is -0.368 e. The average molecular weight is 297 g/mol. The quantitative estimate of drug-likeness (QED) is 0.921. The lowest BCUT2D eigenvalue weighted by Crippen LogP contribution is -2.33. The maximum Gasteiger partial charge on any atom is 0.0513 e. The second-order valence-electron chi connectivity index (χ2n) is 5.00. The van der Waals surface area contributed by atoms with E-state index in [1.165, 1.54) is 22.1 Å². The van der Waals surface area contributed by atoms with Gasteiger partial charge < -0.3 is 10.2 Å². The highest BCUT2D eigenvalue weighted by Crippen LogP contribution is 2.34. The van der Waals surface area contributed by atoms with Crippen LogP contribution in [0.2, 0.25) is 0 Å². The Morgan fingerprint density at radius 2 is 2.24 bits per heavy atom. The summed E-state index contributed by atoms with van der Waals surface area (Å²) >= 11 is 3.69. The van der Waals surface area contributed by atoms with Gasteiger partial charge in [0.05, 0.1) is 5.69 Å². The van der Waals surface area contributed by atoms with Crippen molar-refractivity contribution in [3.63, 3.8) is 0 Å². The van der Waals surface area contributed by atoms with Crippen molar-refractivity contribution in [2.24, 2.45) is 5.92 Å². The van der Waals surface area contributed by atoms with E-state index in [9.17, 15) is 0 Å². The van der Waals surface area contributed by atoms with Crippen molar-refractivity contribution in [1.82, 2.24) is 5.32 Å². The van der Waals surface area contributed by atoms with Crippen molar-refractivity contribution < 1.29 is 0 Å². The largest absolute Gasteiger partial charge is 0.368 e. The van der Waals surface area contributed by atoms with Crippen LogP contribution in [0.15, 0.2) is 22.7 Å². The number of anilines is 1. The molecule has 3 heteroatoms. The lowest BCUT2D eigenvalue weighted by Gasteiger charge is -2.28. The first-order valence-electron chi connectivity index (χ1n) is 6.31. The lowest BCUT2D eigenvalue weighted by atomic mass is 10.0. The summed E-state index contributed by atoms with van der Waals surface area (Å²) in [4.78, 5) is 2.52. The highest BCUT2D eigenvalue weighted by atomic mass is 79.9. The van der Waals surface area contributed by atoms with Crippen LogP contribution in [0.25, 0.3) is 0 Å². The molecule has 0 spiro atoms. The number of nitrogens with zero attached hydrogens (tertiary/aromatic N) is 1. The van der Waals surface area contributed by atoms with Crippen LogP contribution < -0.4 is 10.2 Å². The molecular weight excluding hydrogens is 276 g/mol. The maximum atomic E-state index is 3.69. The van der Waals surface area contributed by atoms with Crippen molar-refractivity contribution in [2.75, 3.05) is 25.0 Å². The molecule has 1 aromatic carbocycles. The van der Waals surface area contributed by atoms with Gasteiger partial charge >= 0.3 is 0 Å². The normalized spacial score (nSPS) is 24.4. The molecule has 1 saturated heterocycles. The Hall–Kier alpha value is -0.540. The molecule has 2 unspecified atom stereocenters. The first-order valence-corrected chi connectivity index (χ1v) is 7.10. The van der Waals surface area contributed by atoms with E-state index >= 15 is 0 Å². The zero-order valence-electron chi connectivity index (χ0n) is 10.8. The first-order chi connectivity index (χ1) is 8.13. The fraction of sp³-hybridized carbons (Fsp3) is 0.571. The van der Waals surface area contributed by atoms with Crippen LogP contribution in [-0.4, -0.2) is 26.2 Å². The highest BCUT2D eigenvalue weighted by Gasteiger charge is 2.30. The van der Waals surface area contributed by atoms with Gasteiger partial charge in [-0.15, -0.1) is 0 Å². The van der Waals surface area contributed by atoms with Gasteiger partial charge in [0.15, 0.2) is 0 Å². The van der Waals surface area contributed by atoms with Crippen molar-refractivity contribution in [2.45, 2.75) is 26.3 Å². The average Bonchev–Trinajstić information content (AvgIpc) is 2.62. The van der Waals surface area contributed by atoms with Crippen molar-refractivity contribution >= 4 is 21.6 Å². The minimum atomic E-state index is 0.612. The summed E-state index contributed by atoms with van der Waals surface area (Å²) in [5, 5.41) is 3.30. The molecule has 2 rings (SSSR count). The zero-order chi connectivity index (χ0) is 12.4. The Morgan fingerprint density at radius 3 is 2.88 bits per heavy atom. The summed E-state index contributed by atoms with van der Waals surface area (Å²) in [5.74, 6) is 0.758. The van der Waals surface area contributed by atoms with Gasteiger partial charge in [-0.3, -0.25) is 0 Å². The van der Waals surface area contributed by atoms with Crippen LogP contribution in [0, 0.1) is 12.8 Å². The van der Waals surface area contributed by atoms with Gasteiger partial charge in [0, 0.05) is 17.1 Å². The molecule has 1 heterocycles. The first kappa shape index (κ1) is 12.9. The third-order valence-corrected chi connectivity index (χ3v) is 4.43. The van der Waals surface area contributed by atoms with Gasteiger partial charge in [-0.05, 0) is 73.4 Å². The maximum absolute atomic E-state index is 3.69. The van der Waals surface area contributed by atoms with Gasteiger partial charge in [-0.1, -0.05) is 6.07 Å². The molecule has 2 nitrogen and oxygen atoms in total. The molecule has 94 valence electrons. The third-order valence-electron chi connectivity index (χ3n) is 3.79. The van der Waals surface area contributed by atoms with Gasteiger partial charge in [0.2, 0.25) is 0 Å². The van der Waals surface area contributed by atoms with Gasteiger partial charge in [-0.25, -0.2) is 0 Å². The second-order valence-corrected chi connectivity index (χ2v) is 5.85. The molecule has 1 N–H and O–H groups in total. The van der Waals surface area contributed by atoms with E-state index in [0.29, 0.717) is 6.04 Å². The molecule has 0 amide bonds. The van der Waals surface area contributed by atoms with E-state index in [1.807, 2.05) is 7.05 Å². The van der Waals surface area contributed by atoms with Gasteiger partial charge in [0.1, 0.15) is 0 Å². The molecule has 0 aromatic heterocycles. The summed E-state index contributed by atoms with van der Waals surface area (Å²) in [6.07, 6.45) is 1.28. The molecule has 17 heavy (non-hydrogen) atoms. The molecular formula is C14H21BrN2. The minimum absolute atomic E-state index is 0.612. The topological polar surface area (TPSA) is 15.3 Å². The fourth-order valence-electron chi connectivity index (χ4n) is 2.72. The standard InChI is InChI=1S/C14H21BrN2/c1-10-4-5-14(13(15)8-10)17-7-6-12(9-16-3)11(17)2/h4-5,8,11-12,16H,6-7,9H2,1-3H3. The van der Waals surface area contributed by atoms with Crippen LogP contribution in [0.3, 0.4) is 0 Å². The second kappa shape index (κ2) is 5.40. The Kier molecular flexibility index (Phi) is 4.10. The SMILES string of the molecule is CNCC1CCN(c2ccc(C)cc2Br)C1C. The van der Waals surface area contributed by atoms with Crippen LogP contribution in [0.1, 0.15) is 18.9 Å². The molecule has 1 fully saturated rings. The van der Waals surface area contributed by atoms with Crippen LogP contribution in [0.5, 0.6) is 0 Å². The Bertz CT molecular complexity index is 392. The predicted molar refractivity (Wildman–Crippen MR) is 77.7 cm³/mol. The smallest absolute Gasteiger partial charge is 0.0513 e. The Morgan fingerprint density at radius 1 is 1.47 bits per heavy atom. The van der Waals surface area contributed by atoms with Gasteiger partial charge in [-0.2, -0.15) is 0 Å². The van der Waals surface area contributed by atoms with E-state index in [2.05, 4.69) is 58.2 Å². The zero-order valence-corrected chi connectivity index (χ0v) is 12.4. The summed E-state index contributed by atoms with van der Waals surface area (Å²) in [6, 6.07) is 7.24. The van der Waals surface area contributed by atoms with E-state index in [-0.39, 0.29) is 0 Å². The van der Waals surface area contributed by atoms with E-state index in [0.717, 1.165) is 19.0 Å². The monoisotopic (exact) mass is 296 g/mol. The third kappa shape index (κ3) is 2.66. The van der Waals surface area contributed by atoms with Crippen molar-refractivity contribution in [3.8, 4) is 0 Å². The predicted octanol–water partition coefficient (Wildman–Crippen LogP) is 3.19. The number of nitrogens with one attached hydrogen (secondary N) is 1. The highest BCUT2D eigenvalue weighted by molar-refractivity contribution is 9.10. The Labute approximate surface area is 113 Å². The van der Waals surface area contributed by atoms with E-state index in [1.54, 1.807) is 0 Å². The molecule has 0 bridgehead atoms. The lowest BCUT2D eigenvalue weighted by molar-refractivity contribution is 0.473. The van der Waals surface area contributed by atoms with Crippen molar-refractivity contribution in [3.05, 3.63) is 28.2 Å². The molecule has 2 atom stereocenters. The summed E-state index contributed by atoms with van der Waals surface area (Å²) in [7, 11) is 2.04. The van der Waals surface area contributed by atoms with Crippen LogP contribution >= 0.6 is 15.9 Å². The number of hydrogen-bond acceptors (Lipinski definition) is 2. The van der Waals surface area contributed by atoms with E-state index in [4.69, 9.17) is 0 Å². The summed E-state index contributed by atoms with van der Waals surface area (Å²) < 4.78 is 1.22. The molecule has 1 aromatic rings. The number of aryl methyl sites for hydroxylation is 1. The number of rotatable bonds is 3. The fourth-order valence-corrected chi connectivity index (χ4v) is 3.44. The number of benzene rings is 1. The Balaban J connectivity index is 2.18. The molecule has 1 aliphatic rings. The molecule has 0 radical (unpaired) electrons. The van der Waals surface area contributed by atoms with Crippen LogP contribution in [0.4, 0.5) is 5.69 Å². The van der Waals surface area contributed by atoms with Crippen molar-refractivity contribution in [1.29, 1.82) is 0 Å². The molecule has 0 saturated carbocycles. The van der Waals surface area contributed by atoms with Crippen LogP contribution in [-0.2, 0) is 0 Å². The summed E-state index contributed by atoms with van der Waals surface area (Å²) in [6.45, 7) is 6.74. The summed E-state index contributed by atoms with van der Waals surface area (Å²) in [5.41, 5.74) is 2.64. The molecule has 0 aliphatic carbocycles. The number of halogens is 1. The molecule has 1 aliphatic heterocycles. The van der Waals surface area contributed by atoms with E-state index < -0.39 is 0 Å². The number of hydrogen-bond donors (Lipinski definition) is 1. The van der Waals surface area contributed by atoms with Gasteiger partial charge in [0.25, 0.3) is 0 Å².